The number of nitrogens with one attached hydrogen (secondary N) is 2. The first-order chi connectivity index (χ1) is 6.77. The zero-order chi connectivity index (χ0) is 10.0. The van der Waals surface area contributed by atoms with Crippen LogP contribution in [0, 0.1) is 5.41 Å². The molecule has 1 aliphatic rings. The normalized spacial score (nSPS) is 17.5. The van der Waals surface area contributed by atoms with Crippen LogP contribution in [0.2, 0.25) is 0 Å². The monoisotopic (exact) mass is 194 g/mol. The molecule has 0 aliphatic heterocycles. The average Bonchev–Trinajstić information content (AvgIpc) is 2.83. The standard InChI is InChI=1S/C10H14N2O2/c1-14-9(13)10(3-4-10)7-12-8-2-5-11-6-8/h2,5-6,11-12H,3-4,7H2,1H3. The molecule has 2 N–H and O–H groups in total. The van der Waals surface area contributed by atoms with Crippen molar-refractivity contribution in [3.05, 3.63) is 18.5 Å². The van der Waals surface area contributed by atoms with Gasteiger partial charge in [-0.2, -0.15) is 0 Å². The van der Waals surface area contributed by atoms with Gasteiger partial charge in [-0.15, -0.1) is 0 Å². The summed E-state index contributed by atoms with van der Waals surface area (Å²) in [5.41, 5.74) is 0.756. The quantitative estimate of drug-likeness (QED) is 0.712. The first kappa shape index (κ1) is 9.12. The van der Waals surface area contributed by atoms with E-state index >= 15 is 0 Å². The zero-order valence-corrected chi connectivity index (χ0v) is 8.17. The Kier molecular flexibility index (Phi) is 2.19. The number of H-pyrrole nitrogens is 1. The Morgan fingerprint density at radius 3 is 3.00 bits per heavy atom. The number of hydrogen-bond donors (Lipinski definition) is 2. The molecule has 0 unspecified atom stereocenters. The highest BCUT2D eigenvalue weighted by atomic mass is 16.5. The Bertz CT molecular complexity index is 315. The van der Waals surface area contributed by atoms with Gasteiger partial charge in [0.1, 0.15) is 0 Å². The first-order valence-corrected chi connectivity index (χ1v) is 4.72. The SMILES string of the molecule is COC(=O)C1(CNc2cc[nH]c2)CC1. The Balaban J connectivity index is 1.89. The van der Waals surface area contributed by atoms with Crippen LogP contribution in [0.1, 0.15) is 12.8 Å². The number of methoxy groups -OCH3 is 1. The van der Waals surface area contributed by atoms with Gasteiger partial charge in [-0.1, -0.05) is 0 Å². The number of anilines is 1. The summed E-state index contributed by atoms with van der Waals surface area (Å²) in [6.07, 6.45) is 5.57. The largest absolute Gasteiger partial charge is 0.469 e. The summed E-state index contributed by atoms with van der Waals surface area (Å²) in [5, 5.41) is 3.21. The number of carbonyl (C=O) groups is 1. The minimum atomic E-state index is -0.258. The third kappa shape index (κ3) is 1.60. The molecule has 1 saturated carbocycles. The molecule has 76 valence electrons. The third-order valence-electron chi connectivity index (χ3n) is 2.70. The molecule has 1 aromatic heterocycles. The molecular weight excluding hydrogens is 180 g/mol. The van der Waals surface area contributed by atoms with Crippen molar-refractivity contribution in [2.24, 2.45) is 5.41 Å². The first-order valence-electron chi connectivity index (χ1n) is 4.72. The minimum Gasteiger partial charge on any atom is -0.469 e. The Morgan fingerprint density at radius 1 is 1.71 bits per heavy atom. The molecule has 0 atom stereocenters. The molecule has 0 amide bonds. The summed E-state index contributed by atoms with van der Waals surface area (Å²) in [6, 6.07) is 1.94. The molecule has 0 bridgehead atoms. The maximum atomic E-state index is 11.4. The van der Waals surface area contributed by atoms with Crippen molar-refractivity contribution < 1.29 is 9.53 Å². The van der Waals surface area contributed by atoms with E-state index in [-0.39, 0.29) is 11.4 Å². The predicted molar refractivity (Wildman–Crippen MR) is 53.0 cm³/mol. The van der Waals surface area contributed by atoms with Gasteiger partial charge in [-0.3, -0.25) is 4.79 Å². The third-order valence-corrected chi connectivity index (χ3v) is 2.70. The molecule has 1 aliphatic carbocycles. The van der Waals surface area contributed by atoms with Gasteiger partial charge in [0, 0.05) is 18.9 Å². The van der Waals surface area contributed by atoms with Crippen molar-refractivity contribution in [3.63, 3.8) is 0 Å². The zero-order valence-electron chi connectivity index (χ0n) is 8.17. The molecule has 0 aromatic carbocycles. The van der Waals surface area contributed by atoms with E-state index in [1.807, 2.05) is 18.5 Å². The molecule has 4 heteroatoms. The van der Waals surface area contributed by atoms with Crippen LogP contribution in [-0.4, -0.2) is 24.6 Å². The Morgan fingerprint density at radius 2 is 2.50 bits per heavy atom. The number of hydrogen-bond acceptors (Lipinski definition) is 3. The number of aromatic nitrogens is 1. The van der Waals surface area contributed by atoms with E-state index in [0.717, 1.165) is 18.5 Å². The second kappa shape index (κ2) is 3.36. The molecule has 4 nitrogen and oxygen atoms in total. The molecule has 1 fully saturated rings. The molecule has 0 saturated heterocycles. The summed E-state index contributed by atoms with van der Waals surface area (Å²) in [4.78, 5) is 14.3. The van der Waals surface area contributed by atoms with Gasteiger partial charge in [0.2, 0.25) is 0 Å². The van der Waals surface area contributed by atoms with E-state index in [9.17, 15) is 4.79 Å². The van der Waals surface area contributed by atoms with Crippen LogP contribution in [-0.2, 0) is 9.53 Å². The molecular formula is C10H14N2O2. The van der Waals surface area contributed by atoms with Crippen LogP contribution in [0.15, 0.2) is 18.5 Å². The highest BCUT2D eigenvalue weighted by Crippen LogP contribution is 2.46. The van der Waals surface area contributed by atoms with E-state index < -0.39 is 0 Å². The molecule has 1 heterocycles. The topological polar surface area (TPSA) is 54.1 Å². The van der Waals surface area contributed by atoms with Gasteiger partial charge < -0.3 is 15.0 Å². The van der Waals surface area contributed by atoms with Crippen LogP contribution in [0.4, 0.5) is 5.69 Å². The predicted octanol–water partition coefficient (Wildman–Crippen LogP) is 1.38. The number of ether oxygens (including phenoxy) is 1. The average molecular weight is 194 g/mol. The lowest BCUT2D eigenvalue weighted by molar-refractivity contribution is -0.146. The fourth-order valence-corrected chi connectivity index (χ4v) is 1.53. The maximum Gasteiger partial charge on any atom is 0.313 e. The fourth-order valence-electron chi connectivity index (χ4n) is 1.53. The van der Waals surface area contributed by atoms with Crippen molar-refractivity contribution in [1.82, 2.24) is 4.98 Å². The van der Waals surface area contributed by atoms with Crippen LogP contribution in [0.3, 0.4) is 0 Å². The van der Waals surface area contributed by atoms with E-state index in [4.69, 9.17) is 4.74 Å². The molecule has 0 radical (unpaired) electrons. The molecule has 14 heavy (non-hydrogen) atoms. The van der Waals surface area contributed by atoms with Gasteiger partial charge >= 0.3 is 5.97 Å². The second-order valence-corrected chi connectivity index (χ2v) is 3.73. The summed E-state index contributed by atoms with van der Waals surface area (Å²) in [5.74, 6) is -0.0967. The highest BCUT2D eigenvalue weighted by Gasteiger charge is 2.50. The van der Waals surface area contributed by atoms with Crippen LogP contribution >= 0.6 is 0 Å². The van der Waals surface area contributed by atoms with Crippen LogP contribution in [0.25, 0.3) is 0 Å². The number of aromatic amines is 1. The highest BCUT2D eigenvalue weighted by molar-refractivity contribution is 5.80. The maximum absolute atomic E-state index is 11.4. The van der Waals surface area contributed by atoms with E-state index in [0.29, 0.717) is 6.54 Å². The number of esters is 1. The molecule has 1 aromatic rings. The van der Waals surface area contributed by atoms with Crippen LogP contribution < -0.4 is 5.32 Å². The van der Waals surface area contributed by atoms with Gasteiger partial charge in [0.05, 0.1) is 18.2 Å². The Labute approximate surface area is 82.6 Å². The van der Waals surface area contributed by atoms with Gasteiger partial charge in [0.25, 0.3) is 0 Å². The van der Waals surface area contributed by atoms with Crippen molar-refractivity contribution in [3.8, 4) is 0 Å². The summed E-state index contributed by atoms with van der Waals surface area (Å²) < 4.78 is 4.76. The van der Waals surface area contributed by atoms with Crippen molar-refractivity contribution in [1.29, 1.82) is 0 Å². The minimum absolute atomic E-state index is 0.0967. The lowest BCUT2D eigenvalue weighted by Crippen LogP contribution is -2.25. The smallest absolute Gasteiger partial charge is 0.313 e. The van der Waals surface area contributed by atoms with Gasteiger partial charge in [-0.05, 0) is 18.9 Å². The van der Waals surface area contributed by atoms with Gasteiger partial charge in [0.15, 0.2) is 0 Å². The summed E-state index contributed by atoms with van der Waals surface area (Å²) >= 11 is 0. The van der Waals surface area contributed by atoms with Crippen molar-refractivity contribution in [2.45, 2.75) is 12.8 Å². The van der Waals surface area contributed by atoms with E-state index in [1.165, 1.54) is 7.11 Å². The van der Waals surface area contributed by atoms with E-state index in [1.54, 1.807) is 0 Å². The van der Waals surface area contributed by atoms with E-state index in [2.05, 4.69) is 10.3 Å². The lowest BCUT2D eigenvalue weighted by Gasteiger charge is -2.13. The number of carbonyl (C=O) groups excluding carboxylic acids is 1. The second-order valence-electron chi connectivity index (χ2n) is 3.73. The molecule has 2 rings (SSSR count). The van der Waals surface area contributed by atoms with Gasteiger partial charge in [-0.25, -0.2) is 0 Å². The summed E-state index contributed by atoms with van der Waals surface area (Å²) in [6.45, 7) is 0.664. The number of rotatable bonds is 4. The summed E-state index contributed by atoms with van der Waals surface area (Å²) in [7, 11) is 1.44. The Hall–Kier alpha value is -1.45. The fraction of sp³-hybridized carbons (Fsp3) is 0.500. The lowest BCUT2D eigenvalue weighted by atomic mass is 10.1. The van der Waals surface area contributed by atoms with Crippen molar-refractivity contribution >= 4 is 11.7 Å². The van der Waals surface area contributed by atoms with Crippen LogP contribution in [0.5, 0.6) is 0 Å². The molecule has 0 spiro atoms. The van der Waals surface area contributed by atoms with Crippen molar-refractivity contribution in [2.75, 3.05) is 19.0 Å².